The molecular weight excluding hydrogens is 336 g/mol. The number of aliphatic hydroxyl groups excluding tert-OH is 1. The van der Waals surface area contributed by atoms with E-state index in [1.807, 2.05) is 27.7 Å². The van der Waals surface area contributed by atoms with Gasteiger partial charge in [-0.2, -0.15) is 5.10 Å². The second-order valence-electron chi connectivity index (χ2n) is 8.35. The van der Waals surface area contributed by atoms with Crippen LogP contribution in [0.15, 0.2) is 0 Å². The Morgan fingerprint density at radius 2 is 2.04 bits per heavy atom. The van der Waals surface area contributed by atoms with Gasteiger partial charge >= 0.3 is 6.09 Å². The smallest absolute Gasteiger partial charge is 0.410 e. The lowest BCUT2D eigenvalue weighted by molar-refractivity contribution is 0.0136. The third kappa shape index (κ3) is 3.42. The predicted octanol–water partition coefficient (Wildman–Crippen LogP) is 1.26. The lowest BCUT2D eigenvalue weighted by atomic mass is 9.99. The zero-order valence-electron chi connectivity index (χ0n) is 16.2. The first-order valence-electron chi connectivity index (χ1n) is 9.05. The Morgan fingerprint density at radius 3 is 2.65 bits per heavy atom. The highest BCUT2D eigenvalue weighted by molar-refractivity contribution is 5.94. The normalized spacial score (nSPS) is 23.4. The number of nitrogens with zero attached hydrogens (tertiary/aromatic N) is 4. The molecule has 3 rings (SSSR count). The number of hydrogen-bond donors (Lipinski definition) is 1. The van der Waals surface area contributed by atoms with Gasteiger partial charge < -0.3 is 19.6 Å². The van der Waals surface area contributed by atoms with Crippen molar-refractivity contribution in [2.24, 2.45) is 5.92 Å². The van der Waals surface area contributed by atoms with E-state index in [0.717, 1.165) is 11.3 Å². The summed E-state index contributed by atoms with van der Waals surface area (Å²) >= 11 is 0. The molecule has 2 atom stereocenters. The van der Waals surface area contributed by atoms with Crippen LogP contribution in [0.3, 0.4) is 0 Å². The fraction of sp³-hybridized carbons (Fsp3) is 0.722. The van der Waals surface area contributed by atoms with Gasteiger partial charge in [-0.1, -0.05) is 0 Å². The van der Waals surface area contributed by atoms with E-state index in [-0.39, 0.29) is 30.6 Å². The molecule has 2 aliphatic rings. The molecule has 0 radical (unpaired) electrons. The number of fused-ring (bicyclic) bond motifs is 3. The molecule has 8 heteroatoms. The first kappa shape index (κ1) is 18.7. The topological polar surface area (TPSA) is 87.9 Å². The van der Waals surface area contributed by atoms with Crippen LogP contribution in [-0.4, -0.2) is 68.5 Å². The molecule has 2 amide bonds. The first-order chi connectivity index (χ1) is 12.1. The highest BCUT2D eigenvalue weighted by Gasteiger charge is 2.38. The van der Waals surface area contributed by atoms with Crippen LogP contribution in [-0.2, 0) is 24.2 Å². The fourth-order valence-corrected chi connectivity index (χ4v) is 3.60. The van der Waals surface area contributed by atoms with Gasteiger partial charge in [0.25, 0.3) is 5.91 Å². The zero-order chi connectivity index (χ0) is 19.2. The summed E-state index contributed by atoms with van der Waals surface area (Å²) in [5.74, 6) is -0.167. The molecule has 8 nitrogen and oxygen atoms in total. The second-order valence-corrected chi connectivity index (χ2v) is 8.35. The van der Waals surface area contributed by atoms with Gasteiger partial charge in [0.2, 0.25) is 0 Å². The van der Waals surface area contributed by atoms with E-state index in [1.54, 1.807) is 21.5 Å². The maximum Gasteiger partial charge on any atom is 0.410 e. The third-order valence-corrected chi connectivity index (χ3v) is 4.88. The minimum Gasteiger partial charge on any atom is -0.444 e. The highest BCUT2D eigenvalue weighted by Crippen LogP contribution is 2.29. The largest absolute Gasteiger partial charge is 0.444 e. The molecule has 3 heterocycles. The second kappa shape index (κ2) is 6.57. The number of aromatic nitrogens is 2. The summed E-state index contributed by atoms with van der Waals surface area (Å²) in [4.78, 5) is 28.7. The summed E-state index contributed by atoms with van der Waals surface area (Å²) in [6.07, 6.45) is 0.202. The number of carbonyl (C=O) groups is 2. The van der Waals surface area contributed by atoms with E-state index < -0.39 is 5.60 Å². The van der Waals surface area contributed by atoms with E-state index >= 15 is 0 Å². The van der Waals surface area contributed by atoms with Gasteiger partial charge in [0.05, 0.1) is 12.2 Å². The summed E-state index contributed by atoms with van der Waals surface area (Å²) in [7, 11) is 1.73. The van der Waals surface area contributed by atoms with Crippen LogP contribution in [0.5, 0.6) is 0 Å². The molecule has 0 aromatic carbocycles. The monoisotopic (exact) mass is 364 g/mol. The molecule has 1 aromatic rings. The average molecular weight is 364 g/mol. The van der Waals surface area contributed by atoms with E-state index in [2.05, 4.69) is 5.10 Å². The maximum atomic E-state index is 12.9. The van der Waals surface area contributed by atoms with E-state index in [9.17, 15) is 14.7 Å². The Bertz CT molecular complexity index is 722. The Hall–Kier alpha value is -2.09. The van der Waals surface area contributed by atoms with Crippen molar-refractivity contribution in [1.82, 2.24) is 19.6 Å². The van der Waals surface area contributed by atoms with E-state index in [1.165, 1.54) is 0 Å². The van der Waals surface area contributed by atoms with Crippen molar-refractivity contribution in [2.75, 3.05) is 20.2 Å². The Balaban J connectivity index is 1.94. The number of aliphatic hydroxyl groups is 1. The lowest BCUT2D eigenvalue weighted by Crippen LogP contribution is -2.45. The molecule has 0 saturated carbocycles. The average Bonchev–Trinajstić information content (AvgIpc) is 2.81. The minimum absolute atomic E-state index is 0.00201. The van der Waals surface area contributed by atoms with Crippen molar-refractivity contribution >= 4 is 12.0 Å². The summed E-state index contributed by atoms with van der Waals surface area (Å²) < 4.78 is 7.23. The van der Waals surface area contributed by atoms with Gasteiger partial charge in [-0.25, -0.2) is 4.79 Å². The molecule has 0 aliphatic carbocycles. The number of ether oxygens (including phenoxy) is 1. The fourth-order valence-electron chi connectivity index (χ4n) is 3.60. The first-order valence-corrected chi connectivity index (χ1v) is 9.05. The predicted molar refractivity (Wildman–Crippen MR) is 94.7 cm³/mol. The van der Waals surface area contributed by atoms with Gasteiger partial charge in [-0.3, -0.25) is 9.48 Å². The molecule has 2 aliphatic heterocycles. The van der Waals surface area contributed by atoms with Crippen LogP contribution in [0.25, 0.3) is 0 Å². The van der Waals surface area contributed by atoms with Crippen LogP contribution in [0.4, 0.5) is 4.79 Å². The van der Waals surface area contributed by atoms with Crippen LogP contribution >= 0.6 is 0 Å². The van der Waals surface area contributed by atoms with Gasteiger partial charge in [0.15, 0.2) is 0 Å². The van der Waals surface area contributed by atoms with Gasteiger partial charge in [0, 0.05) is 50.7 Å². The standard InChI is InChI=1S/C18H28N4O4/c1-11-6-14-13(9-21(11)17(25)26-18(2,3)4)15-16(24)20(5)7-12(10-23)8-22(15)19-14/h11-12,23H,6-10H2,1-5H3/t11-,12-/m1/s1. The van der Waals surface area contributed by atoms with Crippen LogP contribution in [0, 0.1) is 5.92 Å². The maximum absolute atomic E-state index is 12.9. The number of carbonyl (C=O) groups excluding carboxylic acids is 2. The van der Waals surface area contributed by atoms with Crippen molar-refractivity contribution in [2.45, 2.75) is 58.8 Å². The SMILES string of the molecule is C[C@@H]1Cc2nn3c(c2CN1C(=O)OC(C)(C)C)C(=O)N(C)C[C@@H](CO)C3. The minimum atomic E-state index is -0.572. The Morgan fingerprint density at radius 1 is 1.35 bits per heavy atom. The number of hydrogen-bond acceptors (Lipinski definition) is 5. The Kier molecular flexibility index (Phi) is 4.72. The Labute approximate surface area is 153 Å². The van der Waals surface area contributed by atoms with Gasteiger partial charge in [-0.15, -0.1) is 0 Å². The quantitative estimate of drug-likeness (QED) is 0.810. The van der Waals surface area contributed by atoms with Gasteiger partial charge in [-0.05, 0) is 27.7 Å². The molecule has 0 spiro atoms. The third-order valence-electron chi connectivity index (χ3n) is 4.88. The molecule has 0 bridgehead atoms. The van der Waals surface area contributed by atoms with Crippen LogP contribution < -0.4 is 0 Å². The molecule has 144 valence electrons. The van der Waals surface area contributed by atoms with Crippen molar-refractivity contribution in [3.63, 3.8) is 0 Å². The number of amides is 2. The summed E-state index contributed by atoms with van der Waals surface area (Å²) in [5.41, 5.74) is 1.60. The molecule has 1 aromatic heterocycles. The summed E-state index contributed by atoms with van der Waals surface area (Å²) in [6.45, 7) is 8.77. The van der Waals surface area contributed by atoms with Crippen molar-refractivity contribution in [3.05, 3.63) is 17.0 Å². The van der Waals surface area contributed by atoms with E-state index in [4.69, 9.17) is 4.74 Å². The molecule has 0 saturated heterocycles. The summed E-state index contributed by atoms with van der Waals surface area (Å²) in [6, 6.07) is -0.0574. The van der Waals surface area contributed by atoms with Gasteiger partial charge in [0.1, 0.15) is 11.3 Å². The van der Waals surface area contributed by atoms with Crippen molar-refractivity contribution in [1.29, 1.82) is 0 Å². The lowest BCUT2D eigenvalue weighted by Gasteiger charge is -2.34. The molecule has 1 N–H and O–H groups in total. The van der Waals surface area contributed by atoms with Crippen molar-refractivity contribution < 1.29 is 19.4 Å². The number of rotatable bonds is 1. The van der Waals surface area contributed by atoms with Crippen LogP contribution in [0.2, 0.25) is 0 Å². The summed E-state index contributed by atoms with van der Waals surface area (Å²) in [5, 5.41) is 14.2. The molecule has 26 heavy (non-hydrogen) atoms. The zero-order valence-corrected chi connectivity index (χ0v) is 16.2. The molecule has 0 unspecified atom stereocenters. The van der Waals surface area contributed by atoms with Crippen LogP contribution in [0.1, 0.15) is 49.4 Å². The highest BCUT2D eigenvalue weighted by atomic mass is 16.6. The molecular formula is C18H28N4O4. The van der Waals surface area contributed by atoms with E-state index in [0.29, 0.717) is 31.7 Å². The van der Waals surface area contributed by atoms with Crippen molar-refractivity contribution in [3.8, 4) is 0 Å². The molecule has 0 fully saturated rings.